The van der Waals surface area contributed by atoms with Gasteiger partial charge < -0.3 is 10.6 Å². The minimum absolute atomic E-state index is 0.153. The molecule has 0 radical (unpaired) electrons. The Balaban J connectivity index is 0.000000159. The molecule has 3 aliphatic rings. The van der Waals surface area contributed by atoms with Gasteiger partial charge in [0.1, 0.15) is 0 Å². The van der Waals surface area contributed by atoms with Crippen molar-refractivity contribution >= 4 is 11.8 Å². The summed E-state index contributed by atoms with van der Waals surface area (Å²) in [5.41, 5.74) is 2.74. The SMILES string of the molecule is CC(C)(C)c1ccc(C2CC(=O)N2)cc1.O=C1N[C@@H]2CCC[CH+]C12. The van der Waals surface area contributed by atoms with Crippen LogP contribution in [-0.2, 0) is 15.0 Å². The van der Waals surface area contributed by atoms with Gasteiger partial charge in [-0.05, 0) is 29.4 Å². The molecule has 0 spiro atoms. The number of fused-ring (bicyclic) bond motifs is 1. The fourth-order valence-electron chi connectivity index (χ4n) is 3.39. The highest BCUT2D eigenvalue weighted by molar-refractivity contribution is 5.87. The lowest BCUT2D eigenvalue weighted by molar-refractivity contribution is -0.134. The van der Waals surface area contributed by atoms with Crippen molar-refractivity contribution in [3.63, 3.8) is 0 Å². The van der Waals surface area contributed by atoms with Crippen LogP contribution in [0.1, 0.15) is 63.6 Å². The van der Waals surface area contributed by atoms with Crippen molar-refractivity contribution in [2.75, 3.05) is 0 Å². The first-order valence-corrected chi connectivity index (χ1v) is 8.88. The molecule has 0 bridgehead atoms. The average molecular weight is 327 g/mol. The molecular weight excluding hydrogens is 300 g/mol. The molecule has 2 heterocycles. The van der Waals surface area contributed by atoms with E-state index in [9.17, 15) is 9.59 Å². The van der Waals surface area contributed by atoms with Gasteiger partial charge in [0.25, 0.3) is 5.91 Å². The van der Waals surface area contributed by atoms with Crippen LogP contribution in [-0.4, -0.2) is 17.9 Å². The highest BCUT2D eigenvalue weighted by Crippen LogP contribution is 2.29. The van der Waals surface area contributed by atoms with Gasteiger partial charge in [-0.25, -0.2) is 0 Å². The summed E-state index contributed by atoms with van der Waals surface area (Å²) in [6.45, 7) is 6.60. The zero-order valence-electron chi connectivity index (χ0n) is 14.8. The molecule has 24 heavy (non-hydrogen) atoms. The standard InChI is InChI=1S/C13H17NO.C7H9NO/c1-13(2,3)10-6-4-9(5-7-10)11-8-12(15)14-11;9-7-5-3-1-2-4-6(5)8-7/h4-7,11H,8H2,1-3H3,(H,14,15);3,5-6H,1-2,4H2/p+1/t;5?,6-/m.1/s1. The molecular formula is C20H27N2O2+. The highest BCUT2D eigenvalue weighted by atomic mass is 16.2. The second-order valence-electron chi connectivity index (χ2n) is 8.00. The summed E-state index contributed by atoms with van der Waals surface area (Å²) >= 11 is 0. The third kappa shape index (κ3) is 3.58. The maximum atomic E-state index is 10.8. The molecule has 3 atom stereocenters. The van der Waals surface area contributed by atoms with E-state index in [1.165, 1.54) is 24.0 Å². The van der Waals surface area contributed by atoms with Gasteiger partial charge in [0.05, 0.1) is 31.3 Å². The maximum Gasteiger partial charge on any atom is 0.270 e. The first-order chi connectivity index (χ1) is 11.3. The van der Waals surface area contributed by atoms with Crippen LogP contribution >= 0.6 is 0 Å². The molecule has 2 unspecified atom stereocenters. The first kappa shape index (κ1) is 16.9. The highest BCUT2D eigenvalue weighted by Gasteiger charge is 2.47. The fraction of sp³-hybridized carbons (Fsp3) is 0.550. The van der Waals surface area contributed by atoms with Gasteiger partial charge in [-0.15, -0.1) is 0 Å². The monoisotopic (exact) mass is 327 g/mol. The van der Waals surface area contributed by atoms with Crippen LogP contribution < -0.4 is 10.6 Å². The molecule has 2 N–H and O–H groups in total. The molecule has 1 aromatic rings. The molecule has 4 rings (SSSR count). The molecule has 2 aliphatic heterocycles. The lowest BCUT2D eigenvalue weighted by atomic mass is 9.78. The van der Waals surface area contributed by atoms with E-state index in [-0.39, 0.29) is 29.2 Å². The van der Waals surface area contributed by atoms with Gasteiger partial charge >= 0.3 is 0 Å². The van der Waals surface area contributed by atoms with Crippen molar-refractivity contribution in [2.45, 2.75) is 64.0 Å². The van der Waals surface area contributed by atoms with Crippen molar-refractivity contribution in [1.29, 1.82) is 0 Å². The minimum Gasteiger partial charge on any atom is -0.349 e. The van der Waals surface area contributed by atoms with Gasteiger partial charge in [-0.2, -0.15) is 0 Å². The fourth-order valence-corrected chi connectivity index (χ4v) is 3.39. The van der Waals surface area contributed by atoms with Gasteiger partial charge in [0.15, 0.2) is 5.92 Å². The minimum atomic E-state index is 0.153. The Morgan fingerprint density at radius 1 is 1.08 bits per heavy atom. The molecule has 0 aromatic heterocycles. The predicted octanol–water partition coefficient (Wildman–Crippen LogP) is 3.03. The summed E-state index contributed by atoms with van der Waals surface area (Å²) in [4.78, 5) is 21.5. The van der Waals surface area contributed by atoms with E-state index in [0.29, 0.717) is 12.5 Å². The van der Waals surface area contributed by atoms with E-state index >= 15 is 0 Å². The van der Waals surface area contributed by atoms with E-state index in [2.05, 4.69) is 62.1 Å². The zero-order valence-corrected chi connectivity index (χ0v) is 14.8. The van der Waals surface area contributed by atoms with Crippen LogP contribution in [0.4, 0.5) is 0 Å². The molecule has 4 heteroatoms. The van der Waals surface area contributed by atoms with Crippen LogP contribution in [0, 0.1) is 12.3 Å². The number of hydrogen-bond donors (Lipinski definition) is 2. The number of nitrogens with one attached hydrogen (secondary N) is 2. The number of carbonyl (C=O) groups is 2. The van der Waals surface area contributed by atoms with Crippen molar-refractivity contribution in [3.05, 3.63) is 41.8 Å². The lowest BCUT2D eigenvalue weighted by Gasteiger charge is -2.33. The number of rotatable bonds is 1. The molecule has 1 aliphatic carbocycles. The first-order valence-electron chi connectivity index (χ1n) is 8.88. The normalized spacial score (nSPS) is 27.9. The lowest BCUT2D eigenvalue weighted by Crippen LogP contribution is -2.59. The van der Waals surface area contributed by atoms with Crippen molar-refractivity contribution < 1.29 is 9.59 Å². The van der Waals surface area contributed by atoms with E-state index in [4.69, 9.17) is 0 Å². The van der Waals surface area contributed by atoms with Gasteiger partial charge in [0.2, 0.25) is 5.91 Å². The third-order valence-electron chi connectivity index (χ3n) is 5.11. The molecule has 2 amide bonds. The molecule has 1 saturated carbocycles. The van der Waals surface area contributed by atoms with Crippen LogP contribution in [0.3, 0.4) is 0 Å². The average Bonchev–Trinajstić information content (AvgIpc) is 2.51. The van der Waals surface area contributed by atoms with E-state index < -0.39 is 0 Å². The van der Waals surface area contributed by atoms with Crippen molar-refractivity contribution in [1.82, 2.24) is 10.6 Å². The second-order valence-corrected chi connectivity index (χ2v) is 8.00. The molecule has 4 nitrogen and oxygen atoms in total. The zero-order chi connectivity index (χ0) is 17.3. The number of hydrogen-bond acceptors (Lipinski definition) is 2. The number of carbonyl (C=O) groups excluding carboxylic acids is 2. The molecule has 128 valence electrons. The summed E-state index contributed by atoms with van der Waals surface area (Å²) in [7, 11) is 0. The Morgan fingerprint density at radius 3 is 2.21 bits per heavy atom. The summed E-state index contributed by atoms with van der Waals surface area (Å²) in [5.74, 6) is 0.665. The van der Waals surface area contributed by atoms with Crippen molar-refractivity contribution in [3.8, 4) is 0 Å². The van der Waals surface area contributed by atoms with E-state index in [0.717, 1.165) is 6.42 Å². The van der Waals surface area contributed by atoms with E-state index in [1.807, 2.05) is 0 Å². The third-order valence-corrected chi connectivity index (χ3v) is 5.11. The smallest absolute Gasteiger partial charge is 0.270 e. The summed E-state index contributed by atoms with van der Waals surface area (Å²) in [6.07, 6.45) is 6.35. The van der Waals surface area contributed by atoms with Crippen LogP contribution in [0.25, 0.3) is 0 Å². The molecule has 1 aromatic carbocycles. The van der Waals surface area contributed by atoms with E-state index in [1.54, 1.807) is 0 Å². The molecule has 2 saturated heterocycles. The number of benzene rings is 1. The number of amides is 2. The number of β-lactam (4-membered cyclic amide) rings is 2. The van der Waals surface area contributed by atoms with Gasteiger partial charge in [-0.1, -0.05) is 45.0 Å². The Labute approximate surface area is 144 Å². The van der Waals surface area contributed by atoms with Crippen LogP contribution in [0.15, 0.2) is 24.3 Å². The summed E-state index contributed by atoms with van der Waals surface area (Å²) in [5, 5.41) is 5.75. The van der Waals surface area contributed by atoms with Crippen LogP contribution in [0.2, 0.25) is 0 Å². The van der Waals surface area contributed by atoms with Crippen molar-refractivity contribution in [2.24, 2.45) is 5.92 Å². The van der Waals surface area contributed by atoms with Crippen LogP contribution in [0.5, 0.6) is 0 Å². The second kappa shape index (κ2) is 6.50. The van der Waals surface area contributed by atoms with Gasteiger partial charge in [0, 0.05) is 0 Å². The Morgan fingerprint density at radius 2 is 1.75 bits per heavy atom. The Hall–Kier alpha value is -1.97. The van der Waals surface area contributed by atoms with Gasteiger partial charge in [-0.3, -0.25) is 9.59 Å². The largest absolute Gasteiger partial charge is 0.349 e. The summed E-state index contributed by atoms with van der Waals surface area (Å²) in [6, 6.07) is 9.28. The maximum absolute atomic E-state index is 10.8. The topological polar surface area (TPSA) is 58.2 Å². The summed E-state index contributed by atoms with van der Waals surface area (Å²) < 4.78 is 0. The molecule has 3 fully saturated rings. The Kier molecular flexibility index (Phi) is 4.57. The quantitative estimate of drug-likeness (QED) is 0.615. The Bertz CT molecular complexity index is 608. The predicted molar refractivity (Wildman–Crippen MR) is 94.2 cm³/mol.